The molecule has 0 spiro atoms. The number of ether oxygens (including phenoxy) is 1. The summed E-state index contributed by atoms with van der Waals surface area (Å²) in [5.74, 6) is 4.22. The van der Waals surface area contributed by atoms with Gasteiger partial charge in [-0.2, -0.15) is 0 Å². The lowest BCUT2D eigenvalue weighted by Crippen LogP contribution is -2.52. The highest BCUT2D eigenvalue weighted by Crippen LogP contribution is 2.66. The lowest BCUT2D eigenvalue weighted by Gasteiger charge is -2.58. The first-order valence-corrected chi connectivity index (χ1v) is 9.84. The Morgan fingerprint density at radius 3 is 2.52 bits per heavy atom. The lowest BCUT2D eigenvalue weighted by molar-refractivity contribution is -0.128. The average Bonchev–Trinajstić information content (AvgIpc) is 3.29. The summed E-state index contributed by atoms with van der Waals surface area (Å²) in [5, 5.41) is 0. The molecule has 0 bridgehead atoms. The standard InChI is InChI=1S/C21H30O2/c1-20-9-7-14(22)11-13(20)3-4-15-16-5-6-18(19-12-23-19)21(16,2)10-8-17(15)20/h3-4,13,15-19H,5-12H2,1-2H3/t13?,15-,16-,17-,18+,19-,20-,21-/m0/s1. The van der Waals surface area contributed by atoms with Crippen LogP contribution in [0.1, 0.15) is 58.8 Å². The Labute approximate surface area is 140 Å². The number of ketones is 1. The molecule has 8 atom stereocenters. The van der Waals surface area contributed by atoms with Crippen LogP contribution in [0.4, 0.5) is 0 Å². The Kier molecular flexibility index (Phi) is 3.01. The van der Waals surface area contributed by atoms with Gasteiger partial charge in [-0.1, -0.05) is 26.0 Å². The third-order valence-electron chi connectivity index (χ3n) is 8.86. The van der Waals surface area contributed by atoms with Gasteiger partial charge in [0, 0.05) is 12.8 Å². The Morgan fingerprint density at radius 2 is 1.74 bits per heavy atom. The Hall–Kier alpha value is -0.630. The largest absolute Gasteiger partial charge is 0.373 e. The van der Waals surface area contributed by atoms with Crippen LogP contribution in [0.2, 0.25) is 0 Å². The molecule has 3 saturated carbocycles. The fourth-order valence-electron chi connectivity index (χ4n) is 7.36. The first-order chi connectivity index (χ1) is 11.0. The van der Waals surface area contributed by atoms with Crippen LogP contribution in [-0.4, -0.2) is 18.5 Å². The van der Waals surface area contributed by atoms with E-state index in [1.54, 1.807) is 0 Å². The van der Waals surface area contributed by atoms with E-state index in [-0.39, 0.29) is 0 Å². The van der Waals surface area contributed by atoms with Gasteiger partial charge in [-0.15, -0.1) is 0 Å². The summed E-state index contributed by atoms with van der Waals surface area (Å²) >= 11 is 0. The number of hydrogen-bond donors (Lipinski definition) is 0. The summed E-state index contributed by atoms with van der Waals surface area (Å²) in [6, 6.07) is 0. The van der Waals surface area contributed by atoms with Gasteiger partial charge < -0.3 is 4.74 Å². The zero-order valence-electron chi connectivity index (χ0n) is 14.6. The van der Waals surface area contributed by atoms with Crippen LogP contribution in [0.5, 0.6) is 0 Å². The summed E-state index contributed by atoms with van der Waals surface area (Å²) in [6.07, 6.45) is 13.8. The third-order valence-corrected chi connectivity index (χ3v) is 8.86. The summed E-state index contributed by atoms with van der Waals surface area (Å²) in [7, 11) is 0. The predicted octanol–water partition coefficient (Wildman–Crippen LogP) is 4.39. The summed E-state index contributed by atoms with van der Waals surface area (Å²) < 4.78 is 5.70. The third kappa shape index (κ3) is 1.94. The van der Waals surface area contributed by atoms with Crippen molar-refractivity contribution >= 4 is 5.78 Å². The molecule has 0 aromatic heterocycles. The fourth-order valence-corrected chi connectivity index (χ4v) is 7.36. The number of carbonyl (C=O) groups is 1. The zero-order chi connectivity index (χ0) is 15.8. The molecule has 0 N–H and O–H groups in total. The minimum Gasteiger partial charge on any atom is -0.373 e. The second-order valence-corrected chi connectivity index (χ2v) is 9.63. The van der Waals surface area contributed by atoms with E-state index in [9.17, 15) is 4.79 Å². The van der Waals surface area contributed by atoms with E-state index in [1.807, 2.05) is 0 Å². The maximum absolute atomic E-state index is 11.9. The van der Waals surface area contributed by atoms with E-state index in [0.29, 0.717) is 28.6 Å². The maximum Gasteiger partial charge on any atom is 0.133 e. The highest BCUT2D eigenvalue weighted by molar-refractivity contribution is 5.80. The molecule has 1 aliphatic heterocycles. The molecule has 126 valence electrons. The first-order valence-electron chi connectivity index (χ1n) is 9.84. The van der Waals surface area contributed by atoms with Crippen LogP contribution in [0.25, 0.3) is 0 Å². The van der Waals surface area contributed by atoms with Crippen LogP contribution in [0.15, 0.2) is 12.2 Å². The quantitative estimate of drug-likeness (QED) is 0.531. The maximum atomic E-state index is 11.9. The van der Waals surface area contributed by atoms with Gasteiger partial charge in [0.05, 0.1) is 12.7 Å². The normalized spacial score (nSPS) is 57.6. The number of epoxide rings is 1. The van der Waals surface area contributed by atoms with Gasteiger partial charge in [0.15, 0.2) is 0 Å². The molecule has 4 aliphatic carbocycles. The number of carbonyl (C=O) groups excluding carboxylic acids is 1. The van der Waals surface area contributed by atoms with E-state index < -0.39 is 0 Å². The van der Waals surface area contributed by atoms with E-state index in [1.165, 1.54) is 25.7 Å². The molecular weight excluding hydrogens is 284 g/mol. The van der Waals surface area contributed by atoms with Gasteiger partial charge in [-0.3, -0.25) is 4.79 Å². The minimum absolute atomic E-state index is 0.378. The molecular formula is C21H30O2. The van der Waals surface area contributed by atoms with Crippen LogP contribution in [0.3, 0.4) is 0 Å². The topological polar surface area (TPSA) is 29.6 Å². The molecule has 4 fully saturated rings. The molecule has 1 saturated heterocycles. The summed E-state index contributed by atoms with van der Waals surface area (Å²) in [5.41, 5.74) is 0.878. The molecule has 0 radical (unpaired) electrons. The summed E-state index contributed by atoms with van der Waals surface area (Å²) in [6.45, 7) is 6.09. The number of Topliss-reactive ketones (excluding diaryl/α,β-unsaturated/α-hetero) is 1. The van der Waals surface area contributed by atoms with Crippen molar-refractivity contribution in [1.29, 1.82) is 0 Å². The van der Waals surface area contributed by atoms with Gasteiger partial charge in [-0.05, 0) is 72.5 Å². The van der Waals surface area contributed by atoms with Gasteiger partial charge in [0.1, 0.15) is 5.78 Å². The highest BCUT2D eigenvalue weighted by Gasteiger charge is 2.61. The number of hydrogen-bond acceptors (Lipinski definition) is 2. The average molecular weight is 314 g/mol. The van der Waals surface area contributed by atoms with Crippen LogP contribution >= 0.6 is 0 Å². The van der Waals surface area contributed by atoms with Crippen molar-refractivity contribution in [3.8, 4) is 0 Å². The number of rotatable bonds is 1. The molecule has 1 unspecified atom stereocenters. The van der Waals surface area contributed by atoms with Crippen molar-refractivity contribution in [2.75, 3.05) is 6.61 Å². The molecule has 5 aliphatic rings. The SMILES string of the molecule is C[C@]12CC[C@H]3[C@@H](C=CC4CC(=O)CC[C@@]43C)[C@@H]1CC[C@@H]2[C@@H]1CO1. The van der Waals surface area contributed by atoms with Gasteiger partial charge >= 0.3 is 0 Å². The Morgan fingerprint density at radius 1 is 1.00 bits per heavy atom. The van der Waals surface area contributed by atoms with Crippen LogP contribution in [-0.2, 0) is 9.53 Å². The predicted molar refractivity (Wildman–Crippen MR) is 89.9 cm³/mol. The second kappa shape index (κ2) is 4.71. The molecule has 0 aromatic rings. The van der Waals surface area contributed by atoms with Crippen LogP contribution < -0.4 is 0 Å². The van der Waals surface area contributed by atoms with E-state index in [2.05, 4.69) is 26.0 Å². The number of allylic oxidation sites excluding steroid dienone is 2. The minimum atomic E-state index is 0.378. The molecule has 23 heavy (non-hydrogen) atoms. The first kappa shape index (κ1) is 14.7. The van der Waals surface area contributed by atoms with Gasteiger partial charge in [0.25, 0.3) is 0 Å². The summed E-state index contributed by atoms with van der Waals surface area (Å²) in [4.78, 5) is 11.9. The molecule has 1 heterocycles. The van der Waals surface area contributed by atoms with Crippen molar-refractivity contribution in [2.24, 2.45) is 40.4 Å². The fraction of sp³-hybridized carbons (Fsp3) is 0.857. The Bertz CT molecular complexity index is 562. The van der Waals surface area contributed by atoms with E-state index in [0.717, 1.165) is 49.5 Å². The van der Waals surface area contributed by atoms with Gasteiger partial charge in [-0.25, -0.2) is 0 Å². The Balaban J connectivity index is 1.48. The van der Waals surface area contributed by atoms with Crippen molar-refractivity contribution < 1.29 is 9.53 Å². The van der Waals surface area contributed by atoms with E-state index in [4.69, 9.17) is 4.74 Å². The molecule has 2 heteroatoms. The molecule has 2 nitrogen and oxygen atoms in total. The van der Waals surface area contributed by atoms with Crippen molar-refractivity contribution in [1.82, 2.24) is 0 Å². The molecule has 0 amide bonds. The zero-order valence-corrected chi connectivity index (χ0v) is 14.6. The van der Waals surface area contributed by atoms with Crippen LogP contribution in [0, 0.1) is 40.4 Å². The monoisotopic (exact) mass is 314 g/mol. The molecule has 0 aromatic carbocycles. The van der Waals surface area contributed by atoms with Crippen molar-refractivity contribution in [2.45, 2.75) is 64.9 Å². The molecule has 5 rings (SSSR count). The van der Waals surface area contributed by atoms with Crippen molar-refractivity contribution in [3.05, 3.63) is 12.2 Å². The number of fused-ring (bicyclic) bond motifs is 5. The highest BCUT2D eigenvalue weighted by atomic mass is 16.6. The lowest BCUT2D eigenvalue weighted by atomic mass is 9.46. The smallest absolute Gasteiger partial charge is 0.133 e. The van der Waals surface area contributed by atoms with Gasteiger partial charge in [0.2, 0.25) is 0 Å². The van der Waals surface area contributed by atoms with Crippen molar-refractivity contribution in [3.63, 3.8) is 0 Å². The van der Waals surface area contributed by atoms with E-state index >= 15 is 0 Å². The second-order valence-electron chi connectivity index (χ2n) is 9.63.